The van der Waals surface area contributed by atoms with Crippen molar-refractivity contribution in [1.82, 2.24) is 16.0 Å². The molecule has 1 heterocycles. The molecule has 1 saturated heterocycles. The van der Waals surface area contributed by atoms with Crippen molar-refractivity contribution in [3.05, 3.63) is 155 Å². The molecular weight excluding hydrogens is 2060 g/mol. The topological polar surface area (TPSA) is 501 Å². The van der Waals surface area contributed by atoms with Crippen LogP contribution in [0, 0.1) is 0 Å². The number of nitrogens with two attached hydrogens (primary N) is 1. The molecule has 35 nitrogen and oxygen atoms in total. The average molecular weight is 2250 g/mol. The predicted molar refractivity (Wildman–Crippen MR) is 561 cm³/mol. The van der Waals surface area contributed by atoms with Gasteiger partial charge in [0.25, 0.3) is 0 Å². The van der Waals surface area contributed by atoms with Crippen molar-refractivity contribution in [3.63, 3.8) is 0 Å². The van der Waals surface area contributed by atoms with Crippen molar-refractivity contribution < 1.29 is 166 Å². The molecule has 0 aromatic heterocycles. The van der Waals surface area contributed by atoms with E-state index in [-0.39, 0.29) is 131 Å². The number of rotatable bonds is 47. The molecule has 0 bridgehead atoms. The molecule has 6 atom stereocenters. The number of halogens is 2. The first-order valence-corrected chi connectivity index (χ1v) is 56.6. The van der Waals surface area contributed by atoms with Gasteiger partial charge in [-0.05, 0) is 233 Å². The van der Waals surface area contributed by atoms with E-state index in [1.54, 1.807) is 145 Å². The van der Waals surface area contributed by atoms with Crippen molar-refractivity contribution in [2.24, 2.45) is 5.73 Å². The number of ether oxygens (including phenoxy) is 4. The summed E-state index contributed by atoms with van der Waals surface area (Å²) in [6.45, 7) is 47.8. The Labute approximate surface area is 854 Å². The summed E-state index contributed by atoms with van der Waals surface area (Å²) in [5.41, 5.74) is 7.26. The van der Waals surface area contributed by atoms with E-state index < -0.39 is 111 Å². The monoisotopic (exact) mass is 2240 g/mol. The van der Waals surface area contributed by atoms with Gasteiger partial charge in [-0.25, -0.2) is 18.9 Å². The quantitative estimate of drug-likeness (QED) is 0.0104. The Kier molecular flexibility index (Phi) is 97.0. The first-order chi connectivity index (χ1) is 60.7. The normalized spacial score (nSPS) is 13.3. The molecule has 4 aromatic carbocycles. The zero-order chi connectivity index (χ0) is 99.9. The molecule has 2 unspecified atom stereocenters. The van der Waals surface area contributed by atoms with Gasteiger partial charge in [0, 0.05) is 68.4 Å². The van der Waals surface area contributed by atoms with Gasteiger partial charge >= 0.3 is 70.8 Å². The van der Waals surface area contributed by atoms with Gasteiger partial charge in [-0.15, -0.1) is 12.4 Å². The number of hydrogen-bond acceptors (Lipinski definition) is 28. The second kappa shape index (κ2) is 85.3. The van der Waals surface area contributed by atoms with E-state index in [0.29, 0.717) is 89.6 Å². The number of alkyl carbamates (subject to hydrolysis) is 3. The van der Waals surface area contributed by atoms with Crippen molar-refractivity contribution in [3.8, 4) is 0 Å². The first kappa shape index (κ1) is 157. The van der Waals surface area contributed by atoms with Crippen LogP contribution in [0.2, 0.25) is 0 Å². The summed E-state index contributed by atoms with van der Waals surface area (Å²) in [5, 5.41) is 7.82. The number of aldehydes is 1. The number of hydrogen-bond donors (Lipinski definition) is 6. The molecule has 4 aromatic rings. The Morgan fingerprint density at radius 1 is 0.428 bits per heavy atom. The van der Waals surface area contributed by atoms with Gasteiger partial charge in [0.1, 0.15) is 23.1 Å². The Morgan fingerprint density at radius 2 is 0.710 bits per heavy atom. The Hall–Kier alpha value is -3.77. The zero-order valence-electron chi connectivity index (χ0n) is 83.7. The molecule has 1 fully saturated rings. The fourth-order valence-corrected chi connectivity index (χ4v) is 22.1. The van der Waals surface area contributed by atoms with Crippen LogP contribution in [0.3, 0.4) is 0 Å². The number of amides is 3. The molecule has 138 heavy (non-hydrogen) atoms. The number of carbonyl (C=O) groups is 4. The number of nitrogens with one attached hydrogen (secondary N) is 3. The minimum atomic E-state index is -4.00. The number of benzene rings is 4. The maximum Gasteiger partial charge on any atom is 0.424 e. The second-order valence-corrected chi connectivity index (χ2v) is 48.4. The van der Waals surface area contributed by atoms with Crippen molar-refractivity contribution in [2.45, 2.75) is 319 Å². The molecule has 0 spiro atoms. The fourth-order valence-electron chi connectivity index (χ4n) is 11.1. The maximum atomic E-state index is 13.0. The third-order valence-electron chi connectivity index (χ3n) is 16.6. The van der Waals surface area contributed by atoms with Crippen LogP contribution in [0.25, 0.3) is 0 Å². The molecule has 3 amide bonds. The van der Waals surface area contributed by atoms with E-state index in [2.05, 4.69) is 25.0 Å². The molecule has 0 aliphatic carbocycles. The van der Waals surface area contributed by atoms with Crippen LogP contribution in [0.4, 0.5) is 14.4 Å². The summed E-state index contributed by atoms with van der Waals surface area (Å²) in [7, 11) is -20.3. The average Bonchev–Trinajstić information content (AvgIpc) is 0.906. The van der Waals surface area contributed by atoms with Crippen LogP contribution in [0.5, 0.6) is 0 Å². The van der Waals surface area contributed by atoms with Crippen LogP contribution in [-0.4, -0.2) is 202 Å². The van der Waals surface area contributed by atoms with Gasteiger partial charge < -0.3 is 111 Å². The summed E-state index contributed by atoms with van der Waals surface area (Å²) in [4.78, 5) is 64.9. The maximum absolute atomic E-state index is 13.0. The molecule has 1 aliphatic rings. The zero-order valence-corrected chi connectivity index (χ0v) is 93.1. The molecular formula is C93H181Cl2N4O31P7Pd. The Balaban J connectivity index is -0.000000152. The smallest absolute Gasteiger partial charge is 0.424 e. The Bertz CT molecular complexity index is 3950. The third kappa shape index (κ3) is 77.7. The van der Waals surface area contributed by atoms with Crippen molar-refractivity contribution in [2.75, 3.05) is 98.7 Å². The largest absolute Gasteiger partial charge is 0.444 e. The molecule has 0 radical (unpaired) electrons. The van der Waals surface area contributed by atoms with Crippen LogP contribution in [0.1, 0.15) is 258 Å². The van der Waals surface area contributed by atoms with E-state index in [1.807, 2.05) is 149 Å². The summed E-state index contributed by atoms with van der Waals surface area (Å²) in [5.74, 6) is 0. The van der Waals surface area contributed by atoms with Crippen LogP contribution in [-0.2, 0) is 156 Å². The SMILES string of the molecule is C.C.C.C.C1CCOC1.CC(C)(C)OC(=O)N[C@H](C=O)Cc1ccccc1.CC(C[C@@H](N)Cc1ccccc1)P(=O)(O)O.CCOP(=O)(CC)OCC.CCOP(=O)(Cl)OCC.CCOP(=O)(OCC)/C(C)=C/[C@H](Cc1ccccc1)NC(=O)OC(C)(C)C.CCOP(=O)(OCC)C(C)C[C@H](Cc1ccccc1)NC(=O)OC(C)(C)C.CCOP(=O)(OCC)C(C)P(=O)(OCC)OCC.Cl.O.O.[Pd]. The third-order valence-corrected chi connectivity index (χ3v) is 32.5. The summed E-state index contributed by atoms with van der Waals surface area (Å²) in [6.07, 6.45) is 6.87. The molecule has 1 aliphatic heterocycles. The second-order valence-electron chi connectivity index (χ2n) is 31.5. The molecule has 0 saturated carbocycles. The van der Waals surface area contributed by atoms with E-state index in [9.17, 15) is 51.1 Å². The Morgan fingerprint density at radius 3 is 0.986 bits per heavy atom. The minimum Gasteiger partial charge on any atom is -0.444 e. The van der Waals surface area contributed by atoms with E-state index in [0.717, 1.165) is 41.8 Å². The number of allylic oxidation sites excluding steroid dienone is 1. The van der Waals surface area contributed by atoms with E-state index in [4.69, 9.17) is 90.9 Å². The van der Waals surface area contributed by atoms with Crippen LogP contribution >= 0.6 is 76.2 Å². The molecule has 5 rings (SSSR count). The van der Waals surface area contributed by atoms with Gasteiger partial charge in [-0.1, -0.05) is 178 Å². The van der Waals surface area contributed by atoms with E-state index in [1.165, 1.54) is 26.7 Å². The van der Waals surface area contributed by atoms with Crippen LogP contribution in [0.15, 0.2) is 133 Å². The standard InChI is InChI=1S/C20H34NO5P.C20H32NO5P.C14H19NO3.C11H18NO3P.C10H24O6P2.C6H15O3P.C4H10ClO3P.C4H8O.4CH4.ClH.2H2O.Pd/c2*1-7-24-27(23,25-8-2)16(3)14-18(15-17-12-10-9-11-13-17)21-19(22)26-20(4,5)6;1-14(2,3)18-13(17)15-12(10-16)9-11-7-5-4-6-8-11;1-9(16(13,14)15)7-11(12)8-10-5-3-2-4-6-10;1-6-13-17(11,14-7-2)10(5)18(12,15-8-3)16-9-4;1-4-8-10(7,6-3)9-5-2;1-3-7-9(5,6)8-4-2;1-2-4-5-3-1;;;;;;;;/h9-13,16,18H,7-8,14-15H2,1-6H3,(H,21,22);9-14,18H,7-8,15H2,1-6H3,(H,21,22);4-8,10,12H,9H2,1-3H3,(H,15,17);2-6,9,11H,7-8,12H2,1H3,(H2,13,14,15);10H,6-9H2,1-5H3;4-6H2,1-3H3;3-4H2,1-2H3;1-4H2;4*1H4;1H;2*1H2;/b;16-14+;;;;;;;;;;;;;;/t16?,18-;18-;12-;9?,11-;;;;;;;;;;;;/m1101............/s1. The summed E-state index contributed by atoms with van der Waals surface area (Å²) >= 11 is 5.25. The van der Waals surface area contributed by atoms with Crippen molar-refractivity contribution in [1.29, 1.82) is 0 Å². The van der Waals surface area contributed by atoms with Crippen molar-refractivity contribution >= 4 is 101 Å². The van der Waals surface area contributed by atoms with Gasteiger partial charge in [0.05, 0.1) is 103 Å². The van der Waals surface area contributed by atoms with E-state index >= 15 is 0 Å². The van der Waals surface area contributed by atoms with Gasteiger partial charge in [0.2, 0.25) is 0 Å². The van der Waals surface area contributed by atoms with Gasteiger partial charge in [-0.2, -0.15) is 0 Å². The van der Waals surface area contributed by atoms with Crippen LogP contribution < -0.4 is 21.7 Å². The van der Waals surface area contributed by atoms with Gasteiger partial charge in [-0.3, -0.25) is 36.4 Å². The first-order valence-electron chi connectivity index (χ1n) is 44.4. The summed E-state index contributed by atoms with van der Waals surface area (Å²) < 4.78 is 166. The fraction of sp³-hybridized carbons (Fsp3) is 0.677. The molecule has 818 valence electrons. The summed E-state index contributed by atoms with van der Waals surface area (Å²) in [6, 6.07) is 37.3. The predicted octanol–water partition coefficient (Wildman–Crippen LogP) is 24.9. The molecule has 11 N–H and O–H groups in total. The minimum absolute atomic E-state index is 0. The molecule has 45 heteroatoms. The van der Waals surface area contributed by atoms with Gasteiger partial charge in [0.15, 0.2) is 5.40 Å². The number of carbonyl (C=O) groups excluding carboxylic acids is 4.